The van der Waals surface area contributed by atoms with Crippen LogP contribution in [0, 0.1) is 5.92 Å². The summed E-state index contributed by atoms with van der Waals surface area (Å²) >= 11 is 0. The lowest BCUT2D eigenvalue weighted by atomic mass is 9.83. The summed E-state index contributed by atoms with van der Waals surface area (Å²) in [4.78, 5) is 4.08. The molecule has 2 unspecified atom stereocenters. The Kier molecular flexibility index (Phi) is 3.15. The molecule has 2 atom stereocenters. The number of hydrogen-bond acceptors (Lipinski definition) is 3. The molecule has 0 radical (unpaired) electrons. The van der Waals surface area contributed by atoms with Crippen LogP contribution in [0.5, 0.6) is 0 Å². The maximum Gasteiger partial charge on any atom is 0.0717 e. The molecule has 1 saturated carbocycles. The van der Waals surface area contributed by atoms with Crippen LogP contribution in [0.2, 0.25) is 0 Å². The van der Waals surface area contributed by atoms with Crippen LogP contribution in [0.3, 0.4) is 0 Å². The van der Waals surface area contributed by atoms with Crippen molar-refractivity contribution in [3.8, 4) is 0 Å². The van der Waals surface area contributed by atoms with Crippen molar-refractivity contribution in [2.75, 3.05) is 5.73 Å². The molecule has 1 heterocycles. The van der Waals surface area contributed by atoms with E-state index in [1.807, 2.05) is 0 Å². The average molecular weight is 220 g/mol. The first-order valence-corrected chi connectivity index (χ1v) is 6.06. The predicted octanol–water partition coefficient (Wildman–Crippen LogP) is 2.15. The highest BCUT2D eigenvalue weighted by molar-refractivity contribution is 5.45. The number of aromatic nitrogens is 1. The highest BCUT2D eigenvalue weighted by Gasteiger charge is 2.40. The summed E-state index contributed by atoms with van der Waals surface area (Å²) in [7, 11) is 0. The van der Waals surface area contributed by atoms with E-state index < -0.39 is 5.60 Å². The van der Waals surface area contributed by atoms with E-state index >= 15 is 0 Å². The Hall–Kier alpha value is -1.09. The molecule has 0 aromatic carbocycles. The summed E-state index contributed by atoms with van der Waals surface area (Å²) in [5.41, 5.74) is 7.05. The van der Waals surface area contributed by atoms with Crippen LogP contribution in [0.4, 0.5) is 5.69 Å². The van der Waals surface area contributed by atoms with E-state index in [-0.39, 0.29) is 0 Å². The van der Waals surface area contributed by atoms with Crippen molar-refractivity contribution in [3.05, 3.63) is 24.0 Å². The second-order valence-electron chi connectivity index (χ2n) is 4.85. The molecule has 3 heteroatoms. The fourth-order valence-corrected chi connectivity index (χ4v) is 2.86. The van der Waals surface area contributed by atoms with Gasteiger partial charge < -0.3 is 10.8 Å². The number of nitrogen functional groups attached to an aromatic ring is 1. The Morgan fingerprint density at radius 2 is 2.44 bits per heavy atom. The number of aliphatic hydroxyl groups is 1. The number of hydrogen-bond donors (Lipinski definition) is 2. The van der Waals surface area contributed by atoms with Crippen molar-refractivity contribution >= 4 is 5.69 Å². The molecule has 0 spiro atoms. The molecule has 0 aliphatic heterocycles. The first kappa shape index (κ1) is 11.4. The van der Waals surface area contributed by atoms with Crippen LogP contribution in [0.15, 0.2) is 18.5 Å². The van der Waals surface area contributed by atoms with Gasteiger partial charge in [0.2, 0.25) is 0 Å². The van der Waals surface area contributed by atoms with E-state index in [0.717, 1.165) is 36.9 Å². The molecular weight excluding hydrogens is 200 g/mol. The fraction of sp³-hybridized carbons (Fsp3) is 0.615. The minimum atomic E-state index is -0.564. The smallest absolute Gasteiger partial charge is 0.0717 e. The Morgan fingerprint density at radius 3 is 3.12 bits per heavy atom. The van der Waals surface area contributed by atoms with Gasteiger partial charge in [-0.25, -0.2) is 0 Å². The van der Waals surface area contributed by atoms with Crippen molar-refractivity contribution < 1.29 is 5.11 Å². The molecule has 1 aromatic heterocycles. The summed E-state index contributed by atoms with van der Waals surface area (Å²) in [6.45, 7) is 2.15. The number of nitrogens with two attached hydrogens (primary N) is 1. The minimum Gasteiger partial charge on any atom is -0.398 e. The standard InChI is InChI=1S/C13H20N2O/c1-2-11-4-3-6-13(11,16)8-10-9-15-7-5-12(10)14/h5,7,9,11,16H,2-4,6,8H2,1H3,(H2,14,15). The van der Waals surface area contributed by atoms with Gasteiger partial charge in [0.25, 0.3) is 0 Å². The first-order valence-electron chi connectivity index (χ1n) is 6.06. The average Bonchev–Trinajstić information content (AvgIpc) is 2.63. The molecule has 1 aromatic rings. The zero-order valence-electron chi connectivity index (χ0n) is 9.82. The van der Waals surface area contributed by atoms with Gasteiger partial charge in [-0.15, -0.1) is 0 Å². The zero-order valence-corrected chi connectivity index (χ0v) is 9.82. The van der Waals surface area contributed by atoms with E-state index in [0.29, 0.717) is 12.3 Å². The summed E-state index contributed by atoms with van der Waals surface area (Å²) in [6.07, 6.45) is 8.29. The van der Waals surface area contributed by atoms with Crippen molar-refractivity contribution in [3.63, 3.8) is 0 Å². The highest BCUT2D eigenvalue weighted by Crippen LogP contribution is 2.40. The molecule has 0 bridgehead atoms. The quantitative estimate of drug-likeness (QED) is 0.820. The number of pyridine rings is 1. The lowest BCUT2D eigenvalue weighted by molar-refractivity contribution is 0.00154. The van der Waals surface area contributed by atoms with E-state index in [9.17, 15) is 5.11 Å². The van der Waals surface area contributed by atoms with E-state index in [4.69, 9.17) is 5.73 Å². The lowest BCUT2D eigenvalue weighted by Crippen LogP contribution is -2.35. The zero-order chi connectivity index (χ0) is 11.6. The molecule has 0 amide bonds. The number of nitrogens with zero attached hydrogens (tertiary/aromatic N) is 1. The van der Waals surface area contributed by atoms with Crippen LogP contribution in [-0.4, -0.2) is 15.7 Å². The Labute approximate surface area is 96.7 Å². The Balaban J connectivity index is 2.17. The van der Waals surface area contributed by atoms with Crippen molar-refractivity contribution in [2.24, 2.45) is 5.92 Å². The van der Waals surface area contributed by atoms with Crippen LogP contribution in [0.1, 0.15) is 38.2 Å². The molecule has 3 N–H and O–H groups in total. The van der Waals surface area contributed by atoms with E-state index in [2.05, 4.69) is 11.9 Å². The summed E-state index contributed by atoms with van der Waals surface area (Å²) in [6, 6.07) is 1.80. The maximum absolute atomic E-state index is 10.6. The SMILES string of the molecule is CCC1CCCC1(O)Cc1cnccc1N. The van der Waals surface area contributed by atoms with Crippen LogP contribution in [-0.2, 0) is 6.42 Å². The van der Waals surface area contributed by atoms with E-state index in [1.165, 1.54) is 0 Å². The molecule has 3 nitrogen and oxygen atoms in total. The predicted molar refractivity (Wildman–Crippen MR) is 64.9 cm³/mol. The van der Waals surface area contributed by atoms with Gasteiger partial charge >= 0.3 is 0 Å². The summed E-state index contributed by atoms with van der Waals surface area (Å²) < 4.78 is 0. The monoisotopic (exact) mass is 220 g/mol. The number of anilines is 1. The maximum atomic E-state index is 10.6. The topological polar surface area (TPSA) is 59.1 Å². The van der Waals surface area contributed by atoms with Gasteiger partial charge in [0.05, 0.1) is 5.60 Å². The summed E-state index contributed by atoms with van der Waals surface area (Å²) in [5.74, 6) is 0.409. The number of rotatable bonds is 3. The van der Waals surface area contributed by atoms with Crippen LogP contribution in [0.25, 0.3) is 0 Å². The molecule has 1 aliphatic carbocycles. The molecule has 1 aliphatic rings. The molecular formula is C13H20N2O. The fourth-order valence-electron chi connectivity index (χ4n) is 2.86. The Morgan fingerprint density at radius 1 is 1.62 bits per heavy atom. The molecule has 2 rings (SSSR count). The summed E-state index contributed by atoms with van der Waals surface area (Å²) in [5, 5.41) is 10.6. The van der Waals surface area contributed by atoms with Gasteiger partial charge in [-0.2, -0.15) is 0 Å². The molecule has 0 saturated heterocycles. The third-order valence-corrected chi connectivity index (χ3v) is 3.85. The third-order valence-electron chi connectivity index (χ3n) is 3.85. The van der Waals surface area contributed by atoms with Crippen molar-refractivity contribution in [1.29, 1.82) is 0 Å². The van der Waals surface area contributed by atoms with Gasteiger partial charge in [-0.3, -0.25) is 4.98 Å². The molecule has 88 valence electrons. The largest absolute Gasteiger partial charge is 0.398 e. The van der Waals surface area contributed by atoms with Gasteiger partial charge in [0.15, 0.2) is 0 Å². The molecule has 1 fully saturated rings. The second-order valence-corrected chi connectivity index (χ2v) is 4.85. The third kappa shape index (κ3) is 2.05. The minimum absolute atomic E-state index is 0.409. The highest BCUT2D eigenvalue weighted by atomic mass is 16.3. The second kappa shape index (κ2) is 4.42. The van der Waals surface area contributed by atoms with E-state index in [1.54, 1.807) is 18.5 Å². The molecule has 16 heavy (non-hydrogen) atoms. The Bertz CT molecular complexity index is 367. The van der Waals surface area contributed by atoms with Gasteiger partial charge in [0, 0.05) is 24.5 Å². The first-order chi connectivity index (χ1) is 7.65. The van der Waals surface area contributed by atoms with Crippen LogP contribution < -0.4 is 5.73 Å². The lowest BCUT2D eigenvalue weighted by Gasteiger charge is -2.30. The van der Waals surface area contributed by atoms with Crippen molar-refractivity contribution in [1.82, 2.24) is 4.98 Å². The van der Waals surface area contributed by atoms with Crippen LogP contribution >= 0.6 is 0 Å². The van der Waals surface area contributed by atoms with Gasteiger partial charge in [-0.1, -0.05) is 19.8 Å². The van der Waals surface area contributed by atoms with Gasteiger partial charge in [-0.05, 0) is 30.4 Å². The van der Waals surface area contributed by atoms with Crippen molar-refractivity contribution in [2.45, 2.75) is 44.6 Å². The normalized spacial score (nSPS) is 29.5. The van der Waals surface area contributed by atoms with Gasteiger partial charge in [0.1, 0.15) is 0 Å².